The fourth-order valence-electron chi connectivity index (χ4n) is 3.05. The van der Waals surface area contributed by atoms with Gasteiger partial charge in [-0.1, -0.05) is 60.7 Å². The van der Waals surface area contributed by atoms with Crippen LogP contribution in [0.5, 0.6) is 0 Å². The highest BCUT2D eigenvalue weighted by atomic mass is 31.1. The molecule has 1 heterocycles. The molecule has 0 spiro atoms. The summed E-state index contributed by atoms with van der Waals surface area (Å²) in [5, 5.41) is 0.0812. The Morgan fingerprint density at radius 1 is 0.833 bits per heavy atom. The molecule has 92 valence electrons. The first-order valence-electron chi connectivity index (χ1n) is 6.47. The molecule has 1 saturated heterocycles. The van der Waals surface area contributed by atoms with Gasteiger partial charge >= 0.3 is 0 Å². The van der Waals surface area contributed by atoms with Crippen LogP contribution in [0.25, 0.3) is 0 Å². The van der Waals surface area contributed by atoms with E-state index in [1.54, 1.807) is 0 Å². The van der Waals surface area contributed by atoms with Crippen molar-refractivity contribution in [1.29, 1.82) is 0 Å². The van der Waals surface area contributed by atoms with Crippen LogP contribution >= 0.6 is 8.07 Å². The molecular formula is C16H18NP. The fourth-order valence-corrected chi connectivity index (χ4v) is 5.34. The summed E-state index contributed by atoms with van der Waals surface area (Å²) in [4.78, 5) is 0. The van der Waals surface area contributed by atoms with Crippen molar-refractivity contribution in [3.8, 4) is 0 Å². The summed E-state index contributed by atoms with van der Waals surface area (Å²) in [6.07, 6.45) is 3.61. The van der Waals surface area contributed by atoms with Gasteiger partial charge in [0.15, 0.2) is 0 Å². The Kier molecular flexibility index (Phi) is 3.20. The van der Waals surface area contributed by atoms with Crippen molar-refractivity contribution in [3.05, 3.63) is 71.8 Å². The largest absolute Gasteiger partial charge is 0.309 e. The zero-order valence-corrected chi connectivity index (χ0v) is 11.3. The molecular weight excluding hydrogens is 237 g/mol. The summed E-state index contributed by atoms with van der Waals surface area (Å²) < 4.78 is 0. The van der Waals surface area contributed by atoms with Gasteiger partial charge in [0.25, 0.3) is 0 Å². The van der Waals surface area contributed by atoms with Gasteiger partial charge < -0.3 is 5.50 Å². The van der Waals surface area contributed by atoms with Crippen molar-refractivity contribution < 1.29 is 0 Å². The van der Waals surface area contributed by atoms with Gasteiger partial charge in [-0.3, -0.25) is 0 Å². The second kappa shape index (κ2) is 4.84. The highest BCUT2D eigenvalue weighted by Gasteiger charge is 2.43. The summed E-state index contributed by atoms with van der Waals surface area (Å²) in [5.74, 6) is 0. The van der Waals surface area contributed by atoms with E-state index in [9.17, 15) is 0 Å². The van der Waals surface area contributed by atoms with Crippen LogP contribution in [0.3, 0.4) is 0 Å². The van der Waals surface area contributed by atoms with E-state index < -0.39 is 8.07 Å². The highest BCUT2D eigenvalue weighted by Crippen LogP contribution is 2.62. The Morgan fingerprint density at radius 3 is 1.72 bits per heavy atom. The molecule has 0 aromatic heterocycles. The normalized spacial score (nSPS) is 21.9. The quantitative estimate of drug-likeness (QED) is 0.804. The molecule has 1 aliphatic heterocycles. The van der Waals surface area contributed by atoms with Crippen LogP contribution in [-0.4, -0.2) is 6.16 Å². The van der Waals surface area contributed by atoms with Gasteiger partial charge in [0.1, 0.15) is 0 Å². The molecule has 2 aromatic rings. The molecule has 2 heteroatoms. The van der Waals surface area contributed by atoms with E-state index in [0.717, 1.165) is 0 Å². The predicted molar refractivity (Wildman–Crippen MR) is 78.9 cm³/mol. The van der Waals surface area contributed by atoms with Gasteiger partial charge in [-0.2, -0.15) is 0 Å². The second-order valence-corrected chi connectivity index (χ2v) is 7.04. The fraction of sp³-hybridized carbons (Fsp3) is 0.250. The number of hydrogen-bond acceptors (Lipinski definition) is 1. The molecule has 3 rings (SSSR count). The number of benzene rings is 2. The van der Waals surface area contributed by atoms with E-state index in [-0.39, 0.29) is 5.16 Å². The summed E-state index contributed by atoms with van der Waals surface area (Å²) in [6.45, 7) is 0. The van der Waals surface area contributed by atoms with E-state index in [1.165, 1.54) is 30.1 Å². The van der Waals surface area contributed by atoms with Crippen molar-refractivity contribution >= 4 is 8.07 Å². The van der Waals surface area contributed by atoms with Crippen molar-refractivity contribution in [2.24, 2.45) is 5.50 Å². The molecule has 1 atom stereocenters. The Hall–Kier alpha value is -1.17. The summed E-state index contributed by atoms with van der Waals surface area (Å²) in [7, 11) is -0.465. The minimum absolute atomic E-state index is 0.0812. The number of rotatable bonds is 2. The van der Waals surface area contributed by atoms with Crippen LogP contribution in [0.1, 0.15) is 24.0 Å². The molecule has 0 aliphatic carbocycles. The van der Waals surface area contributed by atoms with Gasteiger partial charge in [0.05, 0.1) is 5.16 Å². The van der Waals surface area contributed by atoms with Crippen molar-refractivity contribution in [3.63, 3.8) is 0 Å². The SMILES string of the molecule is NP1CCCC1(c1ccccc1)c1ccccc1. The molecule has 1 unspecified atom stereocenters. The van der Waals surface area contributed by atoms with Gasteiger partial charge in [-0.05, 0) is 38.2 Å². The van der Waals surface area contributed by atoms with Crippen LogP contribution in [0.15, 0.2) is 60.7 Å². The lowest BCUT2D eigenvalue weighted by atomic mass is 9.87. The Labute approximate surface area is 110 Å². The first-order valence-corrected chi connectivity index (χ1v) is 8.07. The lowest BCUT2D eigenvalue weighted by molar-refractivity contribution is 0.678. The third-order valence-corrected chi connectivity index (χ3v) is 6.45. The maximum atomic E-state index is 6.54. The van der Waals surface area contributed by atoms with Gasteiger partial charge in [0.2, 0.25) is 0 Å². The summed E-state index contributed by atoms with van der Waals surface area (Å²) >= 11 is 0. The van der Waals surface area contributed by atoms with Crippen molar-refractivity contribution in [2.45, 2.75) is 18.0 Å². The Morgan fingerprint density at radius 2 is 1.33 bits per heavy atom. The molecule has 1 aliphatic rings. The van der Waals surface area contributed by atoms with Crippen LogP contribution in [0, 0.1) is 0 Å². The van der Waals surface area contributed by atoms with Gasteiger partial charge in [0, 0.05) is 0 Å². The van der Waals surface area contributed by atoms with Gasteiger partial charge in [-0.15, -0.1) is 0 Å². The minimum atomic E-state index is -0.465. The Bertz CT molecular complexity index is 470. The molecule has 1 fully saturated rings. The third kappa shape index (κ3) is 1.79. The van der Waals surface area contributed by atoms with Crippen molar-refractivity contribution in [1.82, 2.24) is 0 Å². The first-order chi connectivity index (χ1) is 8.84. The Balaban J connectivity index is 2.17. The van der Waals surface area contributed by atoms with Crippen LogP contribution in [0.4, 0.5) is 0 Å². The van der Waals surface area contributed by atoms with E-state index in [1.807, 2.05) is 0 Å². The lowest BCUT2D eigenvalue weighted by Gasteiger charge is -2.35. The molecule has 2 aromatic carbocycles. The summed E-state index contributed by atoms with van der Waals surface area (Å²) in [6, 6.07) is 21.6. The van der Waals surface area contributed by atoms with E-state index >= 15 is 0 Å². The standard InChI is InChI=1S/C16H18NP/c17-18-13-7-12-16(18,14-8-3-1-4-9-14)15-10-5-2-6-11-15/h1-6,8-11H,7,12-13,17H2. The molecule has 0 amide bonds. The molecule has 0 radical (unpaired) electrons. The van der Waals surface area contributed by atoms with Gasteiger partial charge in [-0.25, -0.2) is 0 Å². The zero-order chi connectivity index (χ0) is 12.4. The average molecular weight is 255 g/mol. The molecule has 1 nitrogen and oxygen atoms in total. The molecule has 0 bridgehead atoms. The molecule has 0 saturated carbocycles. The lowest BCUT2D eigenvalue weighted by Crippen LogP contribution is -2.24. The maximum Gasteiger partial charge on any atom is 0.0530 e. The second-order valence-electron chi connectivity index (χ2n) is 4.89. The number of hydrogen-bond donors (Lipinski definition) is 1. The smallest absolute Gasteiger partial charge is 0.0530 e. The topological polar surface area (TPSA) is 26.0 Å². The van der Waals surface area contributed by atoms with Crippen molar-refractivity contribution in [2.75, 3.05) is 6.16 Å². The van der Waals surface area contributed by atoms with E-state index in [4.69, 9.17) is 5.50 Å². The first kappa shape index (κ1) is 11.9. The van der Waals surface area contributed by atoms with E-state index in [0.29, 0.717) is 0 Å². The van der Waals surface area contributed by atoms with Crippen LogP contribution in [0.2, 0.25) is 0 Å². The molecule has 2 N–H and O–H groups in total. The zero-order valence-electron chi connectivity index (χ0n) is 10.4. The average Bonchev–Trinajstić information content (AvgIpc) is 2.84. The van der Waals surface area contributed by atoms with Crippen LogP contribution < -0.4 is 5.50 Å². The van der Waals surface area contributed by atoms with E-state index in [2.05, 4.69) is 60.7 Å². The predicted octanol–water partition coefficient (Wildman–Crippen LogP) is 4.08. The highest BCUT2D eigenvalue weighted by molar-refractivity contribution is 7.57. The number of nitrogens with two attached hydrogens (primary N) is 1. The minimum Gasteiger partial charge on any atom is -0.309 e. The monoisotopic (exact) mass is 255 g/mol. The van der Waals surface area contributed by atoms with Crippen LogP contribution in [-0.2, 0) is 5.16 Å². The summed E-state index contributed by atoms with van der Waals surface area (Å²) in [5.41, 5.74) is 9.32. The maximum absolute atomic E-state index is 6.54. The third-order valence-electron chi connectivity index (χ3n) is 3.93. The molecule has 18 heavy (non-hydrogen) atoms.